The molecule has 0 saturated carbocycles. The number of aliphatic carboxylic acids is 2. The van der Waals surface area contributed by atoms with Crippen LogP contribution < -0.4 is 0 Å². The number of carbonyl (C=O) groups is 16. The molecule has 0 radical (unpaired) electrons. The van der Waals surface area contributed by atoms with Crippen LogP contribution in [-0.4, -0.2) is 174 Å². The predicted molar refractivity (Wildman–Crippen MR) is 290 cm³/mol. The van der Waals surface area contributed by atoms with E-state index in [-0.39, 0.29) is 95.9 Å². The van der Waals surface area contributed by atoms with Gasteiger partial charge in [-0.05, 0) is 137 Å². The summed E-state index contributed by atoms with van der Waals surface area (Å²) in [5, 5.41) is 67.4. The maximum Gasteiger partial charge on any atom is 0.345 e. The summed E-state index contributed by atoms with van der Waals surface area (Å²) in [5.74, 6) is -17.1. The third-order valence-electron chi connectivity index (χ3n) is 10.7. The van der Waals surface area contributed by atoms with E-state index in [2.05, 4.69) is 18.9 Å². The van der Waals surface area contributed by atoms with Gasteiger partial charge >= 0.3 is 95.5 Å². The first-order valence-electron chi connectivity index (χ1n) is 26.2. The van der Waals surface area contributed by atoms with Crippen LogP contribution in [0, 0.1) is 0 Å². The molecule has 0 aliphatic heterocycles. The smallest absolute Gasteiger partial charge is 0.345 e. The van der Waals surface area contributed by atoms with E-state index in [1.807, 2.05) is 0 Å². The number of unbranched alkanes of at least 4 members (excludes halogenated alkanes) is 2. The molecule has 0 saturated heterocycles. The Balaban J connectivity index is 0.00000208. The third kappa shape index (κ3) is 29.2. The molecule has 32 nitrogen and oxygen atoms in total. The monoisotopic (exact) mass is 1270 g/mol. The van der Waals surface area contributed by atoms with Crippen LogP contribution in [0.5, 0.6) is 0 Å². The Morgan fingerprint density at radius 3 is 0.578 bits per heavy atom. The van der Waals surface area contributed by atoms with Gasteiger partial charge in [-0.2, -0.15) is 0 Å². The molecule has 0 fully saturated rings. The molecule has 0 spiro atoms. The molecule has 482 valence electrons. The van der Waals surface area contributed by atoms with Gasteiger partial charge in [0, 0.05) is 25.7 Å². The predicted octanol–water partition coefficient (Wildman–Crippen LogP) is 1.63. The number of hydrogen-bond acceptors (Lipinski definition) is 30. The zero-order chi connectivity index (χ0) is 67.6. The van der Waals surface area contributed by atoms with Crippen LogP contribution in [0.3, 0.4) is 0 Å². The van der Waals surface area contributed by atoms with Crippen LogP contribution >= 0.6 is 0 Å². The fourth-order valence-electron chi connectivity index (χ4n) is 5.99. The van der Waals surface area contributed by atoms with Crippen LogP contribution in [0.1, 0.15) is 161 Å². The van der Waals surface area contributed by atoms with E-state index in [9.17, 15) is 86.9 Å². The van der Waals surface area contributed by atoms with E-state index >= 15 is 0 Å². The van der Waals surface area contributed by atoms with Gasteiger partial charge in [-0.1, -0.05) is 0 Å². The van der Waals surface area contributed by atoms with Gasteiger partial charge in [0.05, 0.1) is 57.3 Å². The zero-order valence-corrected chi connectivity index (χ0v) is 47.4. The van der Waals surface area contributed by atoms with Crippen LogP contribution in [0.25, 0.3) is 0 Å². The molecule has 4 aromatic rings. The van der Waals surface area contributed by atoms with E-state index in [1.54, 1.807) is 0 Å². The summed E-state index contributed by atoms with van der Waals surface area (Å²) in [4.78, 5) is 190. The first-order valence-corrected chi connectivity index (χ1v) is 26.2. The lowest BCUT2D eigenvalue weighted by Crippen LogP contribution is -2.21. The van der Waals surface area contributed by atoms with E-state index < -0.39 is 146 Å². The van der Waals surface area contributed by atoms with E-state index in [4.69, 9.17) is 49.6 Å². The molecule has 32 heteroatoms. The highest BCUT2D eigenvalue weighted by molar-refractivity contribution is 6.03. The lowest BCUT2D eigenvalue weighted by molar-refractivity contribution is -0.146. The lowest BCUT2D eigenvalue weighted by atomic mass is 10.1. The van der Waals surface area contributed by atoms with E-state index in [1.165, 1.54) is 62.4 Å². The Morgan fingerprint density at radius 1 is 0.289 bits per heavy atom. The Labute approximate surface area is 507 Å². The van der Waals surface area contributed by atoms with Crippen molar-refractivity contribution in [1.29, 1.82) is 0 Å². The number of aliphatic hydroxyl groups is 6. The van der Waals surface area contributed by atoms with Gasteiger partial charge in [0.15, 0.2) is 0 Å². The summed E-state index contributed by atoms with van der Waals surface area (Å²) in [7, 11) is 0. The van der Waals surface area contributed by atoms with Crippen molar-refractivity contribution in [2.45, 2.75) is 103 Å². The number of benzene rings is 4. The third-order valence-corrected chi connectivity index (χ3v) is 10.7. The quantitative estimate of drug-likeness (QED) is 0.0138. The summed E-state index contributed by atoms with van der Waals surface area (Å²) < 4.78 is 37.4. The first kappa shape index (κ1) is 75.5. The standard InChI is InChI=1S/C52H46O26.2C3H6O3/c53-27-43(61)77-51(69)35-21-17-31(18-22-35)47(65)73-39(57)7-3-1-5-37(55)71-45(63)29-9-13-33(14-10-29)49(67)75-41(59)25-26-42(60)76-50(68)34-15-11-30(12-16-34)46(64)72-38(56)6-2-4-8-40(58)74-48(66)32-19-23-36(24-20-32)52(70)78-44(62)28-54;2*1-2(4)3(5)6/h9-24,43-44,53-54,61-62H,1-8,25-28H2;2*2,4H,1H3,(H,5,6). The number of rotatable bonds is 27. The Bertz CT molecular complexity index is 3000. The molecule has 0 aliphatic rings. The minimum Gasteiger partial charge on any atom is -0.479 e. The lowest BCUT2D eigenvalue weighted by Gasteiger charge is -2.09. The molecule has 4 aromatic carbocycles. The van der Waals surface area contributed by atoms with Crippen molar-refractivity contribution in [3.05, 3.63) is 142 Å². The van der Waals surface area contributed by atoms with Crippen molar-refractivity contribution in [2.24, 2.45) is 0 Å². The zero-order valence-electron chi connectivity index (χ0n) is 47.4. The Hall–Kier alpha value is -10.6. The number of esters is 14. The summed E-state index contributed by atoms with van der Waals surface area (Å²) in [6, 6.07) is 18.0. The minimum absolute atomic E-state index is 0.0527. The number of carboxylic acids is 2. The average Bonchev–Trinajstić information content (AvgIpc) is 1.54. The van der Waals surface area contributed by atoms with Crippen molar-refractivity contribution >= 4 is 95.5 Å². The van der Waals surface area contributed by atoms with Crippen molar-refractivity contribution in [3.8, 4) is 0 Å². The summed E-state index contributed by atoms with van der Waals surface area (Å²) >= 11 is 0. The minimum atomic E-state index is -1.73. The normalized spacial score (nSPS) is 11.6. The molecule has 90 heavy (non-hydrogen) atoms. The summed E-state index contributed by atoms with van der Waals surface area (Å²) in [6.45, 7) is 0.751. The topological polar surface area (TPSA) is 509 Å². The molecule has 0 heterocycles. The van der Waals surface area contributed by atoms with Gasteiger partial charge in [-0.15, -0.1) is 0 Å². The fraction of sp³-hybridized carbons (Fsp3) is 0.310. The van der Waals surface area contributed by atoms with Gasteiger partial charge < -0.3 is 78.7 Å². The second-order valence-corrected chi connectivity index (χ2v) is 17.9. The SMILES string of the molecule is CC(O)C(=O)O.CC(O)C(=O)O.O=C(CCCCC(=O)OC(=O)c1ccc(C(=O)OC(O)CO)cc1)OC(=O)c1ccc(C(=O)OC(=O)CCC(=O)OC(=O)c2ccc(C(=O)OC(=O)CCCCC(=O)OC(=O)c3ccc(C(=O)OC(O)CO)cc3)cc2)cc1. The number of carbonyl (C=O) groups excluding carboxylic acids is 14. The average molecular weight is 1270 g/mol. The van der Waals surface area contributed by atoms with Crippen molar-refractivity contribution < 1.29 is 155 Å². The molecule has 0 aliphatic carbocycles. The van der Waals surface area contributed by atoms with Crippen LogP contribution in [-0.2, 0) is 76.3 Å². The largest absolute Gasteiger partial charge is 0.479 e. The molecular weight excluding hydrogens is 1210 g/mol. The van der Waals surface area contributed by atoms with E-state index in [0.29, 0.717) is 0 Å². The first-order chi connectivity index (χ1) is 42.4. The Kier molecular flexibility index (Phi) is 32.9. The van der Waals surface area contributed by atoms with Gasteiger partial charge in [0.1, 0.15) is 25.4 Å². The maximum atomic E-state index is 12.5. The molecule has 4 rings (SSSR count). The second kappa shape index (κ2) is 39.2. The van der Waals surface area contributed by atoms with E-state index in [0.717, 1.165) is 48.5 Å². The maximum absolute atomic E-state index is 12.5. The highest BCUT2D eigenvalue weighted by Gasteiger charge is 2.23. The van der Waals surface area contributed by atoms with Gasteiger partial charge in [-0.3, -0.25) is 28.8 Å². The molecule has 8 N–H and O–H groups in total. The van der Waals surface area contributed by atoms with Crippen LogP contribution in [0.4, 0.5) is 0 Å². The van der Waals surface area contributed by atoms with Crippen molar-refractivity contribution in [2.75, 3.05) is 13.2 Å². The summed E-state index contributed by atoms with van der Waals surface area (Å²) in [5.41, 5.74) is -1.07. The van der Waals surface area contributed by atoms with Crippen LogP contribution in [0.2, 0.25) is 0 Å². The highest BCUT2D eigenvalue weighted by atomic mass is 16.7. The number of carboxylic acid groups (broad SMARTS) is 2. The van der Waals surface area contributed by atoms with Crippen molar-refractivity contribution in [3.63, 3.8) is 0 Å². The number of aliphatic hydroxyl groups excluding tert-OH is 6. The molecular formula is C58H58O32. The molecule has 0 aromatic heterocycles. The van der Waals surface area contributed by atoms with Gasteiger partial charge in [0.25, 0.3) is 0 Å². The molecule has 4 atom stereocenters. The Morgan fingerprint density at radius 2 is 0.433 bits per heavy atom. The number of ether oxygens (including phenoxy) is 8. The number of hydrogen-bond donors (Lipinski definition) is 8. The highest BCUT2D eigenvalue weighted by Crippen LogP contribution is 2.16. The second-order valence-electron chi connectivity index (χ2n) is 17.9. The van der Waals surface area contributed by atoms with Gasteiger partial charge in [-0.25, -0.2) is 47.9 Å². The molecule has 0 bridgehead atoms. The summed E-state index contributed by atoms with van der Waals surface area (Å²) in [6.07, 6.45) is -8.31. The van der Waals surface area contributed by atoms with Gasteiger partial charge in [0.2, 0.25) is 12.6 Å². The van der Waals surface area contributed by atoms with Crippen molar-refractivity contribution in [1.82, 2.24) is 0 Å². The molecule has 0 amide bonds. The fourth-order valence-corrected chi connectivity index (χ4v) is 5.99. The van der Waals surface area contributed by atoms with Crippen LogP contribution in [0.15, 0.2) is 97.1 Å². The molecule has 4 unspecified atom stereocenters.